The number of nitrogens with one attached hydrogen (secondary N) is 1. The summed E-state index contributed by atoms with van der Waals surface area (Å²) in [6.07, 6.45) is 3.88. The Balaban J connectivity index is 1.81. The molecule has 1 aliphatic rings. The number of rotatable bonds is 5. The van der Waals surface area contributed by atoms with Crippen molar-refractivity contribution in [3.05, 3.63) is 30.3 Å². The first-order valence-electron chi connectivity index (χ1n) is 5.86. The molecule has 1 aromatic rings. The highest BCUT2D eigenvalue weighted by Gasteiger charge is 2.26. The van der Waals surface area contributed by atoms with Gasteiger partial charge in [-0.25, -0.2) is 0 Å². The minimum Gasteiger partial charge on any atom is -0.305 e. The molecule has 0 saturated heterocycles. The SMILES string of the molecule is CON[C@H]1CCC[C@@H]1CSc1ccccc1. The summed E-state index contributed by atoms with van der Waals surface area (Å²) in [5.74, 6) is 1.93. The number of benzene rings is 1. The molecular formula is C13H19NOS. The first-order chi connectivity index (χ1) is 7.90. The van der Waals surface area contributed by atoms with Crippen molar-refractivity contribution >= 4 is 11.8 Å². The molecule has 0 unspecified atom stereocenters. The van der Waals surface area contributed by atoms with Crippen LogP contribution in [0.4, 0.5) is 0 Å². The maximum absolute atomic E-state index is 5.05. The standard InChI is InChI=1S/C13H19NOS/c1-15-14-13-9-5-6-11(13)10-16-12-7-3-2-4-8-12/h2-4,7-8,11,13-14H,5-6,9-10H2,1H3/t11-,13+/m1/s1. The molecule has 0 amide bonds. The summed E-state index contributed by atoms with van der Waals surface area (Å²) in [6, 6.07) is 11.2. The monoisotopic (exact) mass is 237 g/mol. The van der Waals surface area contributed by atoms with Gasteiger partial charge in [-0.05, 0) is 30.9 Å². The highest BCUT2D eigenvalue weighted by Crippen LogP contribution is 2.31. The Morgan fingerprint density at radius 1 is 1.31 bits per heavy atom. The van der Waals surface area contributed by atoms with Crippen molar-refractivity contribution in [1.82, 2.24) is 5.48 Å². The summed E-state index contributed by atoms with van der Waals surface area (Å²) in [7, 11) is 1.71. The topological polar surface area (TPSA) is 21.3 Å². The second kappa shape index (κ2) is 6.28. The molecular weight excluding hydrogens is 218 g/mol. The van der Waals surface area contributed by atoms with Crippen molar-refractivity contribution in [2.24, 2.45) is 5.92 Å². The zero-order valence-corrected chi connectivity index (χ0v) is 10.5. The van der Waals surface area contributed by atoms with Crippen LogP contribution < -0.4 is 5.48 Å². The van der Waals surface area contributed by atoms with Crippen LogP contribution in [0.15, 0.2) is 35.2 Å². The van der Waals surface area contributed by atoms with Gasteiger partial charge in [0.25, 0.3) is 0 Å². The molecule has 0 spiro atoms. The van der Waals surface area contributed by atoms with Crippen LogP contribution in [0.5, 0.6) is 0 Å². The highest BCUT2D eigenvalue weighted by atomic mass is 32.2. The molecule has 2 atom stereocenters. The lowest BCUT2D eigenvalue weighted by Crippen LogP contribution is -2.32. The molecule has 3 heteroatoms. The third-order valence-corrected chi connectivity index (χ3v) is 4.34. The number of hydroxylamine groups is 1. The summed E-state index contributed by atoms with van der Waals surface area (Å²) >= 11 is 1.95. The zero-order chi connectivity index (χ0) is 11.2. The van der Waals surface area contributed by atoms with E-state index in [1.54, 1.807) is 7.11 Å². The van der Waals surface area contributed by atoms with Gasteiger partial charge < -0.3 is 4.84 Å². The molecule has 1 aromatic carbocycles. The van der Waals surface area contributed by atoms with Crippen molar-refractivity contribution in [2.75, 3.05) is 12.9 Å². The van der Waals surface area contributed by atoms with Gasteiger partial charge in [0.1, 0.15) is 0 Å². The quantitative estimate of drug-likeness (QED) is 0.628. The molecule has 2 nitrogen and oxygen atoms in total. The summed E-state index contributed by atoms with van der Waals surface area (Å²) in [6.45, 7) is 0. The van der Waals surface area contributed by atoms with E-state index in [-0.39, 0.29) is 0 Å². The minimum absolute atomic E-state index is 0.543. The van der Waals surface area contributed by atoms with Crippen molar-refractivity contribution in [2.45, 2.75) is 30.2 Å². The highest BCUT2D eigenvalue weighted by molar-refractivity contribution is 7.99. The van der Waals surface area contributed by atoms with Crippen LogP contribution in [0.3, 0.4) is 0 Å². The van der Waals surface area contributed by atoms with E-state index in [4.69, 9.17) is 4.84 Å². The van der Waals surface area contributed by atoms with E-state index >= 15 is 0 Å². The first kappa shape index (κ1) is 12.0. The van der Waals surface area contributed by atoms with Gasteiger partial charge in [-0.1, -0.05) is 24.6 Å². The van der Waals surface area contributed by atoms with Gasteiger partial charge in [0.2, 0.25) is 0 Å². The van der Waals surface area contributed by atoms with Crippen molar-refractivity contribution in [1.29, 1.82) is 0 Å². The van der Waals surface area contributed by atoms with Crippen LogP contribution in [0.1, 0.15) is 19.3 Å². The van der Waals surface area contributed by atoms with E-state index in [1.165, 1.54) is 29.9 Å². The van der Waals surface area contributed by atoms with E-state index in [0.717, 1.165) is 5.92 Å². The molecule has 0 aliphatic heterocycles. The summed E-state index contributed by atoms with van der Waals surface area (Å²) in [5, 5.41) is 0. The Kier molecular flexibility index (Phi) is 4.69. The van der Waals surface area contributed by atoms with Gasteiger partial charge in [0.05, 0.1) is 7.11 Å². The lowest BCUT2D eigenvalue weighted by molar-refractivity contribution is 0.0518. The van der Waals surface area contributed by atoms with Gasteiger partial charge in [0.15, 0.2) is 0 Å². The number of hydrogen-bond acceptors (Lipinski definition) is 3. The predicted molar refractivity (Wildman–Crippen MR) is 68.4 cm³/mol. The van der Waals surface area contributed by atoms with Crippen LogP contribution in [-0.2, 0) is 4.84 Å². The van der Waals surface area contributed by atoms with Crippen molar-refractivity contribution in [3.8, 4) is 0 Å². The van der Waals surface area contributed by atoms with Crippen molar-refractivity contribution in [3.63, 3.8) is 0 Å². The van der Waals surface area contributed by atoms with Crippen molar-refractivity contribution < 1.29 is 4.84 Å². The van der Waals surface area contributed by atoms with E-state index in [0.29, 0.717) is 6.04 Å². The molecule has 1 fully saturated rings. The number of thioether (sulfide) groups is 1. The van der Waals surface area contributed by atoms with Gasteiger partial charge in [-0.3, -0.25) is 0 Å². The van der Waals surface area contributed by atoms with Gasteiger partial charge >= 0.3 is 0 Å². The molecule has 1 aliphatic carbocycles. The fourth-order valence-corrected chi connectivity index (χ4v) is 3.42. The van der Waals surface area contributed by atoms with E-state index in [1.807, 2.05) is 11.8 Å². The second-order valence-corrected chi connectivity index (χ2v) is 5.34. The van der Waals surface area contributed by atoms with E-state index in [2.05, 4.69) is 35.8 Å². The van der Waals surface area contributed by atoms with Gasteiger partial charge in [-0.15, -0.1) is 11.8 Å². The molecule has 1 saturated carbocycles. The maximum atomic E-state index is 5.05. The third kappa shape index (κ3) is 3.24. The largest absolute Gasteiger partial charge is 0.305 e. The van der Waals surface area contributed by atoms with Crippen LogP contribution in [-0.4, -0.2) is 18.9 Å². The van der Waals surface area contributed by atoms with Crippen LogP contribution in [0, 0.1) is 5.92 Å². The lowest BCUT2D eigenvalue weighted by Gasteiger charge is -2.19. The average molecular weight is 237 g/mol. The summed E-state index contributed by atoms with van der Waals surface area (Å²) in [5.41, 5.74) is 3.12. The average Bonchev–Trinajstić information content (AvgIpc) is 2.76. The summed E-state index contributed by atoms with van der Waals surface area (Å²) < 4.78 is 0. The normalized spacial score (nSPS) is 24.8. The number of hydrogen-bond donors (Lipinski definition) is 1. The molecule has 2 rings (SSSR count). The Bertz CT molecular complexity index is 304. The zero-order valence-electron chi connectivity index (χ0n) is 9.69. The Morgan fingerprint density at radius 2 is 2.12 bits per heavy atom. The minimum atomic E-state index is 0.543. The maximum Gasteiger partial charge on any atom is 0.0572 e. The molecule has 0 bridgehead atoms. The first-order valence-corrected chi connectivity index (χ1v) is 6.85. The van der Waals surface area contributed by atoms with E-state index < -0.39 is 0 Å². The second-order valence-electron chi connectivity index (χ2n) is 4.24. The molecule has 16 heavy (non-hydrogen) atoms. The molecule has 0 heterocycles. The Morgan fingerprint density at radius 3 is 2.88 bits per heavy atom. The van der Waals surface area contributed by atoms with Crippen LogP contribution >= 0.6 is 11.8 Å². The van der Waals surface area contributed by atoms with Crippen LogP contribution in [0.25, 0.3) is 0 Å². The molecule has 1 N–H and O–H groups in total. The molecule has 0 radical (unpaired) electrons. The Hall–Kier alpha value is -0.510. The van der Waals surface area contributed by atoms with E-state index in [9.17, 15) is 0 Å². The Labute approximate surface area is 102 Å². The van der Waals surface area contributed by atoms with Crippen LogP contribution in [0.2, 0.25) is 0 Å². The lowest BCUT2D eigenvalue weighted by atomic mass is 10.1. The fourth-order valence-electron chi connectivity index (χ4n) is 2.26. The molecule has 88 valence electrons. The smallest absolute Gasteiger partial charge is 0.0572 e. The predicted octanol–water partition coefficient (Wildman–Crippen LogP) is 3.10. The fraction of sp³-hybridized carbons (Fsp3) is 0.538. The third-order valence-electron chi connectivity index (χ3n) is 3.14. The molecule has 0 aromatic heterocycles. The summed E-state index contributed by atoms with van der Waals surface area (Å²) in [4.78, 5) is 6.42. The van der Waals surface area contributed by atoms with Gasteiger partial charge in [0, 0.05) is 16.7 Å². The van der Waals surface area contributed by atoms with Gasteiger partial charge in [-0.2, -0.15) is 5.48 Å².